The molecule has 12 heavy (non-hydrogen) atoms. The number of thiazole rings is 1. The largest absolute Gasteiger partial charge is 0.241 e. The van der Waals surface area contributed by atoms with Crippen LogP contribution in [0.1, 0.15) is 11.9 Å². The van der Waals surface area contributed by atoms with Crippen molar-refractivity contribution in [1.29, 1.82) is 0 Å². The highest BCUT2D eigenvalue weighted by molar-refractivity contribution is 9.10. The van der Waals surface area contributed by atoms with E-state index in [1.165, 1.54) is 9.71 Å². The van der Waals surface area contributed by atoms with Gasteiger partial charge in [-0.25, -0.2) is 4.98 Å². The molecule has 2 aromatic rings. The molecule has 0 aliphatic carbocycles. The predicted molar refractivity (Wildman–Crippen MR) is 56.7 cm³/mol. The smallest absolute Gasteiger partial charge is 0.0935 e. The fourth-order valence-corrected chi connectivity index (χ4v) is 2.34. The Balaban J connectivity index is 2.67. The van der Waals surface area contributed by atoms with E-state index < -0.39 is 0 Å². The number of fused-ring (bicyclic) bond motifs is 1. The van der Waals surface area contributed by atoms with Crippen LogP contribution in [0.25, 0.3) is 10.2 Å². The van der Waals surface area contributed by atoms with Crippen molar-refractivity contribution < 1.29 is 0 Å². The quantitative estimate of drug-likeness (QED) is 0.744. The number of hydrogen-bond acceptors (Lipinski definition) is 2. The van der Waals surface area contributed by atoms with Crippen molar-refractivity contribution in [3.05, 3.63) is 27.7 Å². The van der Waals surface area contributed by atoms with Gasteiger partial charge in [-0.3, -0.25) is 0 Å². The van der Waals surface area contributed by atoms with Crippen LogP contribution in [-0.2, 0) is 6.42 Å². The predicted octanol–water partition coefficient (Wildman–Crippen LogP) is 3.62. The van der Waals surface area contributed by atoms with Crippen LogP contribution in [0.3, 0.4) is 0 Å². The monoisotopic (exact) mass is 241 g/mol. The molecule has 0 radical (unpaired) electrons. The van der Waals surface area contributed by atoms with E-state index in [-0.39, 0.29) is 0 Å². The Labute approximate surface area is 83.6 Å². The van der Waals surface area contributed by atoms with Crippen LogP contribution in [0.5, 0.6) is 0 Å². The van der Waals surface area contributed by atoms with Crippen LogP contribution in [0, 0.1) is 0 Å². The summed E-state index contributed by atoms with van der Waals surface area (Å²) in [5, 5.41) is 1.21. The summed E-state index contributed by atoms with van der Waals surface area (Å²) in [5.74, 6) is 0. The van der Waals surface area contributed by atoms with E-state index in [4.69, 9.17) is 0 Å². The van der Waals surface area contributed by atoms with Crippen molar-refractivity contribution in [1.82, 2.24) is 4.98 Å². The number of hydrogen-bond donors (Lipinski definition) is 0. The van der Waals surface area contributed by atoms with Crippen LogP contribution in [0.4, 0.5) is 0 Å². The zero-order valence-corrected chi connectivity index (χ0v) is 9.08. The molecular weight excluding hydrogens is 234 g/mol. The van der Waals surface area contributed by atoms with Crippen LogP contribution < -0.4 is 0 Å². The van der Waals surface area contributed by atoms with E-state index in [1.807, 2.05) is 0 Å². The van der Waals surface area contributed by atoms with E-state index in [0.29, 0.717) is 0 Å². The third-order valence-corrected chi connectivity index (χ3v) is 3.37. The minimum Gasteiger partial charge on any atom is -0.241 e. The third kappa shape index (κ3) is 1.39. The Hall–Kier alpha value is -0.410. The molecule has 0 saturated carbocycles. The van der Waals surface area contributed by atoms with Crippen LogP contribution >= 0.6 is 27.3 Å². The molecule has 2 rings (SSSR count). The number of benzene rings is 1. The zero-order valence-electron chi connectivity index (χ0n) is 6.67. The molecule has 1 aromatic heterocycles. The van der Waals surface area contributed by atoms with Crippen LogP contribution in [0.15, 0.2) is 22.7 Å². The minimum atomic E-state index is 1.02. The number of aromatic nitrogens is 1. The van der Waals surface area contributed by atoms with Crippen molar-refractivity contribution in [2.45, 2.75) is 13.3 Å². The Morgan fingerprint density at radius 1 is 1.50 bits per heavy atom. The van der Waals surface area contributed by atoms with Gasteiger partial charge in [0.1, 0.15) is 0 Å². The first-order valence-corrected chi connectivity index (χ1v) is 5.45. The number of halogens is 1. The lowest BCUT2D eigenvalue weighted by Gasteiger charge is -1.87. The topological polar surface area (TPSA) is 12.9 Å². The Morgan fingerprint density at radius 2 is 2.33 bits per heavy atom. The lowest BCUT2D eigenvalue weighted by Crippen LogP contribution is -1.73. The molecule has 0 amide bonds. The van der Waals surface area contributed by atoms with Crippen molar-refractivity contribution in [2.24, 2.45) is 0 Å². The summed E-state index contributed by atoms with van der Waals surface area (Å²) >= 11 is 5.20. The molecule has 0 aliphatic heterocycles. The van der Waals surface area contributed by atoms with Crippen LogP contribution in [0.2, 0.25) is 0 Å². The van der Waals surface area contributed by atoms with E-state index in [9.17, 15) is 0 Å². The second-order valence-electron chi connectivity index (χ2n) is 2.57. The summed E-state index contributed by atoms with van der Waals surface area (Å²) in [6.07, 6.45) is 1.02. The van der Waals surface area contributed by atoms with E-state index in [1.54, 1.807) is 11.3 Å². The van der Waals surface area contributed by atoms with Crippen molar-refractivity contribution in [3.8, 4) is 0 Å². The normalized spacial score (nSPS) is 10.8. The van der Waals surface area contributed by atoms with E-state index in [2.05, 4.69) is 46.0 Å². The average molecular weight is 242 g/mol. The molecule has 1 heterocycles. The molecule has 0 N–H and O–H groups in total. The van der Waals surface area contributed by atoms with E-state index in [0.717, 1.165) is 16.4 Å². The highest BCUT2D eigenvalue weighted by Gasteiger charge is 2.01. The molecule has 0 atom stereocenters. The third-order valence-electron chi connectivity index (χ3n) is 1.70. The van der Waals surface area contributed by atoms with Crippen molar-refractivity contribution in [2.75, 3.05) is 0 Å². The van der Waals surface area contributed by atoms with Gasteiger partial charge in [0.15, 0.2) is 0 Å². The van der Waals surface area contributed by atoms with Gasteiger partial charge in [0.25, 0.3) is 0 Å². The van der Waals surface area contributed by atoms with Gasteiger partial charge in [-0.1, -0.05) is 22.9 Å². The summed E-state index contributed by atoms with van der Waals surface area (Å²) in [6, 6.07) is 6.22. The first-order valence-electron chi connectivity index (χ1n) is 3.84. The Kier molecular flexibility index (Phi) is 2.15. The van der Waals surface area contributed by atoms with Gasteiger partial charge >= 0.3 is 0 Å². The molecule has 1 aromatic carbocycles. The van der Waals surface area contributed by atoms with Crippen molar-refractivity contribution in [3.63, 3.8) is 0 Å². The molecule has 0 aliphatic rings. The molecule has 0 fully saturated rings. The first-order chi connectivity index (χ1) is 5.79. The highest BCUT2D eigenvalue weighted by atomic mass is 79.9. The van der Waals surface area contributed by atoms with Gasteiger partial charge in [0, 0.05) is 4.47 Å². The fourth-order valence-electron chi connectivity index (χ4n) is 1.10. The average Bonchev–Trinajstić information content (AvgIpc) is 2.46. The second-order valence-corrected chi connectivity index (χ2v) is 4.60. The number of nitrogens with zero attached hydrogens (tertiary/aromatic N) is 1. The Morgan fingerprint density at radius 3 is 3.08 bits per heavy atom. The first kappa shape index (κ1) is 8.20. The maximum absolute atomic E-state index is 4.48. The molecular formula is C9H8BrNS. The summed E-state index contributed by atoms with van der Waals surface area (Å²) in [4.78, 5) is 4.48. The maximum atomic E-state index is 4.48. The standard InChI is InChI=1S/C9H8BrNS/c1-2-9-11-7-5-6(10)3-4-8(7)12-9/h3-5H,2H2,1H3. The summed E-state index contributed by atoms with van der Waals surface area (Å²) < 4.78 is 2.37. The lowest BCUT2D eigenvalue weighted by atomic mass is 10.3. The SMILES string of the molecule is CCc1nc2cc(Br)ccc2s1. The molecule has 0 spiro atoms. The minimum absolute atomic E-state index is 1.02. The molecule has 1 nitrogen and oxygen atoms in total. The number of aryl methyl sites for hydroxylation is 1. The highest BCUT2D eigenvalue weighted by Crippen LogP contribution is 2.25. The molecule has 62 valence electrons. The van der Waals surface area contributed by atoms with Crippen molar-refractivity contribution >= 4 is 37.5 Å². The Bertz CT molecular complexity index is 408. The van der Waals surface area contributed by atoms with Gasteiger partial charge in [-0.05, 0) is 24.6 Å². The molecule has 0 bridgehead atoms. The fraction of sp³-hybridized carbons (Fsp3) is 0.222. The zero-order chi connectivity index (χ0) is 8.55. The molecule has 3 heteroatoms. The maximum Gasteiger partial charge on any atom is 0.0935 e. The lowest BCUT2D eigenvalue weighted by molar-refractivity contribution is 1.11. The van der Waals surface area contributed by atoms with Gasteiger partial charge in [0.05, 0.1) is 15.2 Å². The van der Waals surface area contributed by atoms with Gasteiger partial charge in [-0.2, -0.15) is 0 Å². The van der Waals surface area contributed by atoms with Gasteiger partial charge in [-0.15, -0.1) is 11.3 Å². The second kappa shape index (κ2) is 3.15. The molecule has 0 unspecified atom stereocenters. The molecule has 0 saturated heterocycles. The van der Waals surface area contributed by atoms with Crippen LogP contribution in [-0.4, -0.2) is 4.98 Å². The van der Waals surface area contributed by atoms with E-state index >= 15 is 0 Å². The summed E-state index contributed by atoms with van der Waals surface area (Å²) in [6.45, 7) is 2.13. The van der Waals surface area contributed by atoms with Gasteiger partial charge < -0.3 is 0 Å². The number of rotatable bonds is 1. The summed E-state index contributed by atoms with van der Waals surface area (Å²) in [5.41, 5.74) is 1.10. The summed E-state index contributed by atoms with van der Waals surface area (Å²) in [7, 11) is 0. The van der Waals surface area contributed by atoms with Gasteiger partial charge in [0.2, 0.25) is 0 Å².